The molecule has 1 saturated heterocycles. The zero-order chi connectivity index (χ0) is 18.5. The molecule has 0 amide bonds. The van der Waals surface area contributed by atoms with Crippen molar-refractivity contribution in [3.8, 4) is 5.75 Å². The minimum Gasteiger partial charge on any atom is -0.494 e. The number of aliphatic carboxylic acids is 1. The highest BCUT2D eigenvalue weighted by molar-refractivity contribution is 9.10. The normalized spacial score (nSPS) is 17.0. The van der Waals surface area contributed by atoms with Crippen molar-refractivity contribution < 1.29 is 14.6 Å². The van der Waals surface area contributed by atoms with Gasteiger partial charge in [0.25, 0.3) is 0 Å². The van der Waals surface area contributed by atoms with Gasteiger partial charge in [-0.3, -0.25) is 9.69 Å². The van der Waals surface area contributed by atoms with Crippen LogP contribution >= 0.6 is 15.9 Å². The number of nitrogens with zero attached hydrogens (tertiary/aromatic N) is 1. The summed E-state index contributed by atoms with van der Waals surface area (Å²) in [6, 6.07) is 16.7. The van der Waals surface area contributed by atoms with Crippen LogP contribution in [0.5, 0.6) is 5.75 Å². The van der Waals surface area contributed by atoms with Gasteiger partial charge in [0.2, 0.25) is 0 Å². The Balaban J connectivity index is 1.88. The standard InChI is InChI=1S/C21H24BrNO3/c1-2-26-19-8-6-15(7-9-19)20(17-4-3-5-18(22)14-17)23-12-10-16(11-13-23)21(24)25/h3-9,14,16,20H,2,10-13H2,1H3,(H,24,25). The molecule has 1 fully saturated rings. The van der Waals surface area contributed by atoms with Crippen molar-refractivity contribution in [2.75, 3.05) is 19.7 Å². The van der Waals surface area contributed by atoms with Gasteiger partial charge in [-0.2, -0.15) is 0 Å². The van der Waals surface area contributed by atoms with E-state index in [-0.39, 0.29) is 12.0 Å². The van der Waals surface area contributed by atoms with Gasteiger partial charge in [0.1, 0.15) is 5.75 Å². The molecular formula is C21H24BrNO3. The van der Waals surface area contributed by atoms with E-state index < -0.39 is 5.97 Å². The van der Waals surface area contributed by atoms with Crippen molar-refractivity contribution in [3.63, 3.8) is 0 Å². The van der Waals surface area contributed by atoms with Crippen molar-refractivity contribution in [3.05, 3.63) is 64.1 Å². The summed E-state index contributed by atoms with van der Waals surface area (Å²) in [5.41, 5.74) is 2.40. The molecule has 1 heterocycles. The van der Waals surface area contributed by atoms with E-state index in [1.807, 2.05) is 31.2 Å². The van der Waals surface area contributed by atoms with Crippen LogP contribution in [0.3, 0.4) is 0 Å². The number of hydrogen-bond acceptors (Lipinski definition) is 3. The molecule has 1 unspecified atom stereocenters. The number of likely N-dealkylation sites (tertiary alicyclic amines) is 1. The van der Waals surface area contributed by atoms with Crippen molar-refractivity contribution in [1.29, 1.82) is 0 Å². The number of rotatable bonds is 6. The number of halogens is 1. The molecule has 0 aromatic heterocycles. The van der Waals surface area contributed by atoms with Crippen LogP contribution in [0.1, 0.15) is 36.9 Å². The first-order valence-corrected chi connectivity index (χ1v) is 9.83. The maximum absolute atomic E-state index is 11.3. The Morgan fingerprint density at radius 3 is 2.46 bits per heavy atom. The third-order valence-corrected chi connectivity index (χ3v) is 5.41. The molecule has 0 aliphatic carbocycles. The van der Waals surface area contributed by atoms with Crippen molar-refractivity contribution in [2.45, 2.75) is 25.8 Å². The minimum atomic E-state index is -0.676. The van der Waals surface area contributed by atoms with E-state index in [0.717, 1.165) is 23.3 Å². The lowest BCUT2D eigenvalue weighted by Gasteiger charge is -2.37. The summed E-state index contributed by atoms with van der Waals surface area (Å²) in [6.07, 6.45) is 1.38. The summed E-state index contributed by atoms with van der Waals surface area (Å²) in [6.45, 7) is 4.19. The Bertz CT molecular complexity index is 739. The number of carboxylic acids is 1. The first-order valence-electron chi connectivity index (χ1n) is 9.03. The average molecular weight is 418 g/mol. The predicted octanol–water partition coefficient (Wildman–Crippen LogP) is 4.73. The molecule has 3 rings (SSSR count). The molecule has 138 valence electrons. The number of carboxylic acid groups (broad SMARTS) is 1. The fourth-order valence-corrected chi connectivity index (χ4v) is 4.03. The first kappa shape index (κ1) is 18.9. The van der Waals surface area contributed by atoms with Gasteiger partial charge >= 0.3 is 5.97 Å². The third kappa shape index (κ3) is 4.46. The number of ether oxygens (including phenoxy) is 1. The number of hydrogen-bond donors (Lipinski definition) is 1. The van der Waals surface area contributed by atoms with Crippen LogP contribution in [-0.4, -0.2) is 35.7 Å². The molecule has 0 radical (unpaired) electrons. The van der Waals surface area contributed by atoms with E-state index in [0.29, 0.717) is 19.4 Å². The van der Waals surface area contributed by atoms with Crippen LogP contribution in [0.2, 0.25) is 0 Å². The minimum absolute atomic E-state index is 0.109. The van der Waals surface area contributed by atoms with Gasteiger partial charge in [-0.25, -0.2) is 0 Å². The highest BCUT2D eigenvalue weighted by Crippen LogP contribution is 2.34. The summed E-state index contributed by atoms with van der Waals surface area (Å²) in [5.74, 6) is -0.0340. The second-order valence-electron chi connectivity index (χ2n) is 6.61. The van der Waals surface area contributed by atoms with Crippen LogP contribution in [-0.2, 0) is 4.79 Å². The lowest BCUT2D eigenvalue weighted by Crippen LogP contribution is -2.39. The maximum atomic E-state index is 11.3. The van der Waals surface area contributed by atoms with E-state index in [9.17, 15) is 9.90 Å². The summed E-state index contributed by atoms with van der Waals surface area (Å²) in [4.78, 5) is 13.7. The topological polar surface area (TPSA) is 49.8 Å². The van der Waals surface area contributed by atoms with Crippen LogP contribution in [0.25, 0.3) is 0 Å². The van der Waals surface area contributed by atoms with Crippen LogP contribution in [0.4, 0.5) is 0 Å². The van der Waals surface area contributed by atoms with Crippen LogP contribution in [0.15, 0.2) is 53.0 Å². The Kier molecular flexibility index (Phi) is 6.33. The summed E-state index contributed by atoms with van der Waals surface area (Å²) >= 11 is 3.57. The molecular weight excluding hydrogens is 394 g/mol. The molecule has 2 aromatic carbocycles. The molecule has 2 aromatic rings. The largest absolute Gasteiger partial charge is 0.494 e. The summed E-state index contributed by atoms with van der Waals surface area (Å²) in [7, 11) is 0. The fraction of sp³-hybridized carbons (Fsp3) is 0.381. The van der Waals surface area contributed by atoms with Gasteiger partial charge in [-0.05, 0) is 68.2 Å². The molecule has 1 atom stereocenters. The van der Waals surface area contributed by atoms with Gasteiger partial charge in [0, 0.05) is 4.47 Å². The fourth-order valence-electron chi connectivity index (χ4n) is 3.61. The van der Waals surface area contributed by atoms with Crippen molar-refractivity contribution in [2.24, 2.45) is 5.92 Å². The van der Waals surface area contributed by atoms with Crippen LogP contribution < -0.4 is 4.74 Å². The number of carbonyl (C=O) groups is 1. The van der Waals surface area contributed by atoms with E-state index in [4.69, 9.17) is 4.74 Å². The van der Waals surface area contributed by atoms with E-state index in [2.05, 4.69) is 45.1 Å². The monoisotopic (exact) mass is 417 g/mol. The molecule has 4 nitrogen and oxygen atoms in total. The van der Waals surface area contributed by atoms with Gasteiger partial charge in [0.15, 0.2) is 0 Å². The second kappa shape index (κ2) is 8.69. The first-order chi connectivity index (χ1) is 12.6. The predicted molar refractivity (Wildman–Crippen MR) is 106 cm³/mol. The van der Waals surface area contributed by atoms with Gasteiger partial charge in [0.05, 0.1) is 18.6 Å². The number of piperidine rings is 1. The Hall–Kier alpha value is -1.85. The van der Waals surface area contributed by atoms with E-state index in [1.165, 1.54) is 11.1 Å². The van der Waals surface area contributed by atoms with Crippen molar-refractivity contribution >= 4 is 21.9 Å². The molecule has 1 N–H and O–H groups in total. The molecule has 0 spiro atoms. The highest BCUT2D eigenvalue weighted by Gasteiger charge is 2.30. The van der Waals surface area contributed by atoms with Gasteiger partial charge in [-0.1, -0.05) is 40.2 Å². The Labute approximate surface area is 162 Å². The zero-order valence-corrected chi connectivity index (χ0v) is 16.5. The smallest absolute Gasteiger partial charge is 0.306 e. The average Bonchev–Trinajstić information content (AvgIpc) is 2.64. The summed E-state index contributed by atoms with van der Waals surface area (Å²) < 4.78 is 6.61. The van der Waals surface area contributed by atoms with Crippen molar-refractivity contribution in [1.82, 2.24) is 4.90 Å². The molecule has 0 bridgehead atoms. The second-order valence-corrected chi connectivity index (χ2v) is 7.52. The van der Waals surface area contributed by atoms with E-state index in [1.54, 1.807) is 0 Å². The molecule has 0 saturated carbocycles. The van der Waals surface area contributed by atoms with Crippen LogP contribution in [0, 0.1) is 5.92 Å². The molecule has 1 aliphatic heterocycles. The quantitative estimate of drug-likeness (QED) is 0.737. The Morgan fingerprint density at radius 1 is 1.19 bits per heavy atom. The third-order valence-electron chi connectivity index (χ3n) is 4.92. The maximum Gasteiger partial charge on any atom is 0.306 e. The van der Waals surface area contributed by atoms with E-state index >= 15 is 0 Å². The number of benzene rings is 2. The lowest BCUT2D eigenvalue weighted by molar-refractivity contribution is -0.143. The summed E-state index contributed by atoms with van der Waals surface area (Å²) in [5, 5.41) is 9.28. The Morgan fingerprint density at radius 2 is 1.88 bits per heavy atom. The van der Waals surface area contributed by atoms with Gasteiger partial charge in [-0.15, -0.1) is 0 Å². The zero-order valence-electron chi connectivity index (χ0n) is 14.9. The van der Waals surface area contributed by atoms with Gasteiger partial charge < -0.3 is 9.84 Å². The molecule has 5 heteroatoms. The lowest BCUT2D eigenvalue weighted by atomic mass is 9.91. The SMILES string of the molecule is CCOc1ccc(C(c2cccc(Br)c2)N2CCC(C(=O)O)CC2)cc1. The highest BCUT2D eigenvalue weighted by atomic mass is 79.9. The molecule has 1 aliphatic rings. The molecule has 26 heavy (non-hydrogen) atoms.